The molecule has 5 aromatic rings. The maximum atomic E-state index is 12.8. The van der Waals surface area contributed by atoms with Crippen LogP contribution in [0.5, 0.6) is 0 Å². The maximum Gasteiger partial charge on any atom is 0.228 e. The van der Waals surface area contributed by atoms with Crippen molar-refractivity contribution in [1.82, 2.24) is 14.8 Å². The molecule has 2 aromatic heterocycles. The molecule has 1 aliphatic heterocycles. The van der Waals surface area contributed by atoms with Crippen molar-refractivity contribution in [1.29, 1.82) is 0 Å². The average molecular weight is 437 g/mol. The van der Waals surface area contributed by atoms with E-state index in [-0.39, 0.29) is 12.3 Å². The van der Waals surface area contributed by atoms with Crippen LogP contribution in [0.15, 0.2) is 71.3 Å². The Morgan fingerprint density at radius 1 is 0.970 bits per heavy atom. The van der Waals surface area contributed by atoms with Crippen LogP contribution in [-0.4, -0.2) is 20.7 Å². The SMILES string of the molecule is O=C(Cc1coc2ccc3ccccc3c12)Nc1ccc(-c2nnc3n2CCCCC3)cc1. The van der Waals surface area contributed by atoms with E-state index >= 15 is 0 Å². The topological polar surface area (TPSA) is 73.0 Å². The molecule has 164 valence electrons. The molecule has 3 heterocycles. The van der Waals surface area contributed by atoms with E-state index in [9.17, 15) is 4.79 Å². The van der Waals surface area contributed by atoms with Crippen LogP contribution in [0.25, 0.3) is 33.1 Å². The summed E-state index contributed by atoms with van der Waals surface area (Å²) in [5, 5.41) is 15.1. The van der Waals surface area contributed by atoms with E-state index in [4.69, 9.17) is 4.42 Å². The molecule has 1 N–H and O–H groups in total. The predicted octanol–water partition coefficient (Wildman–Crippen LogP) is 5.75. The number of amides is 1. The number of carbonyl (C=O) groups is 1. The highest BCUT2D eigenvalue weighted by Gasteiger charge is 2.17. The van der Waals surface area contributed by atoms with Gasteiger partial charge in [0.25, 0.3) is 0 Å². The molecule has 0 aliphatic carbocycles. The van der Waals surface area contributed by atoms with E-state index in [0.29, 0.717) is 0 Å². The number of rotatable bonds is 4. The third-order valence-corrected chi connectivity index (χ3v) is 6.43. The third-order valence-electron chi connectivity index (χ3n) is 6.43. The van der Waals surface area contributed by atoms with Crippen molar-refractivity contribution >= 4 is 33.3 Å². The number of furan rings is 1. The first kappa shape index (κ1) is 19.7. The first-order valence-electron chi connectivity index (χ1n) is 11.5. The van der Waals surface area contributed by atoms with Gasteiger partial charge in [-0.25, -0.2) is 0 Å². The van der Waals surface area contributed by atoms with Gasteiger partial charge in [0, 0.05) is 35.2 Å². The van der Waals surface area contributed by atoms with E-state index in [1.165, 1.54) is 12.8 Å². The molecule has 0 fully saturated rings. The lowest BCUT2D eigenvalue weighted by Gasteiger charge is -2.09. The minimum absolute atomic E-state index is 0.0743. The molecule has 1 amide bonds. The van der Waals surface area contributed by atoms with Gasteiger partial charge < -0.3 is 14.3 Å². The number of aromatic nitrogens is 3. The standard InChI is InChI=1S/C27H24N4O2/c32-25(16-20-17-33-23-14-11-18-6-3-4-7-22(18)26(20)23)28-21-12-9-19(10-13-21)27-30-29-24-8-2-1-5-15-31(24)27/h3-4,6-7,9-14,17H,1-2,5,8,15-16H2,(H,28,32). The molecule has 0 saturated heterocycles. The maximum absolute atomic E-state index is 12.8. The zero-order valence-electron chi connectivity index (χ0n) is 18.3. The summed E-state index contributed by atoms with van der Waals surface area (Å²) in [6.07, 6.45) is 6.49. The third kappa shape index (κ3) is 3.67. The smallest absolute Gasteiger partial charge is 0.228 e. The highest BCUT2D eigenvalue weighted by atomic mass is 16.3. The van der Waals surface area contributed by atoms with Gasteiger partial charge in [0.15, 0.2) is 5.82 Å². The molecule has 1 aliphatic rings. The minimum Gasteiger partial charge on any atom is -0.464 e. The van der Waals surface area contributed by atoms with Crippen LogP contribution in [0, 0.1) is 0 Å². The number of aryl methyl sites for hydroxylation is 1. The Hall–Kier alpha value is -3.93. The van der Waals surface area contributed by atoms with E-state index in [1.54, 1.807) is 6.26 Å². The van der Waals surface area contributed by atoms with Crippen LogP contribution in [0.2, 0.25) is 0 Å². The Morgan fingerprint density at radius 2 is 1.85 bits per heavy atom. The number of anilines is 1. The number of nitrogens with one attached hydrogen (secondary N) is 1. The van der Waals surface area contributed by atoms with Gasteiger partial charge in [-0.05, 0) is 53.9 Å². The minimum atomic E-state index is -0.0743. The van der Waals surface area contributed by atoms with E-state index in [2.05, 4.69) is 32.2 Å². The van der Waals surface area contributed by atoms with Crippen molar-refractivity contribution < 1.29 is 9.21 Å². The van der Waals surface area contributed by atoms with E-state index in [1.807, 2.05) is 48.5 Å². The van der Waals surface area contributed by atoms with Crippen molar-refractivity contribution in [3.63, 3.8) is 0 Å². The molecule has 0 unspecified atom stereocenters. The van der Waals surface area contributed by atoms with Gasteiger partial charge >= 0.3 is 0 Å². The molecule has 0 spiro atoms. The number of hydrogen-bond acceptors (Lipinski definition) is 4. The Bertz CT molecular complexity index is 1460. The van der Waals surface area contributed by atoms with Crippen molar-refractivity contribution in [2.45, 2.75) is 38.6 Å². The molecule has 3 aromatic carbocycles. The Labute approximate surface area is 191 Å². The second-order valence-electron chi connectivity index (χ2n) is 8.63. The summed E-state index contributed by atoms with van der Waals surface area (Å²) in [5.74, 6) is 1.90. The fraction of sp³-hybridized carbons (Fsp3) is 0.222. The molecule has 6 heteroatoms. The monoisotopic (exact) mass is 436 g/mol. The number of carbonyl (C=O) groups excluding carboxylic acids is 1. The Balaban J connectivity index is 1.21. The van der Waals surface area contributed by atoms with Gasteiger partial charge in [-0.3, -0.25) is 4.79 Å². The highest BCUT2D eigenvalue weighted by molar-refractivity contribution is 6.09. The van der Waals surface area contributed by atoms with Crippen molar-refractivity contribution in [3.05, 3.63) is 78.3 Å². The first-order chi connectivity index (χ1) is 16.3. The van der Waals surface area contributed by atoms with Crippen LogP contribution in [0.4, 0.5) is 5.69 Å². The Morgan fingerprint density at radius 3 is 2.76 bits per heavy atom. The lowest BCUT2D eigenvalue weighted by atomic mass is 10.0. The van der Waals surface area contributed by atoms with E-state index < -0.39 is 0 Å². The molecule has 6 nitrogen and oxygen atoms in total. The summed E-state index contributed by atoms with van der Waals surface area (Å²) in [7, 11) is 0. The van der Waals surface area contributed by atoms with Gasteiger partial charge in [0.05, 0.1) is 12.7 Å². The lowest BCUT2D eigenvalue weighted by Crippen LogP contribution is -2.14. The second kappa shape index (κ2) is 8.20. The van der Waals surface area contributed by atoms with Gasteiger partial charge in [-0.15, -0.1) is 10.2 Å². The molecular formula is C27H24N4O2. The summed E-state index contributed by atoms with van der Waals surface area (Å²) >= 11 is 0. The molecule has 0 atom stereocenters. The number of fused-ring (bicyclic) bond motifs is 4. The van der Waals surface area contributed by atoms with Gasteiger partial charge in [0.1, 0.15) is 11.4 Å². The van der Waals surface area contributed by atoms with Crippen molar-refractivity contribution in [2.24, 2.45) is 0 Å². The van der Waals surface area contributed by atoms with Gasteiger partial charge in [-0.1, -0.05) is 36.8 Å². The quantitative estimate of drug-likeness (QED) is 0.389. The van der Waals surface area contributed by atoms with Gasteiger partial charge in [0.2, 0.25) is 5.91 Å². The summed E-state index contributed by atoms with van der Waals surface area (Å²) in [6.45, 7) is 0.962. The van der Waals surface area contributed by atoms with Crippen LogP contribution in [0.3, 0.4) is 0 Å². The van der Waals surface area contributed by atoms with Crippen molar-refractivity contribution in [3.8, 4) is 11.4 Å². The zero-order valence-corrected chi connectivity index (χ0v) is 18.3. The van der Waals surface area contributed by atoms with Crippen LogP contribution >= 0.6 is 0 Å². The second-order valence-corrected chi connectivity index (χ2v) is 8.63. The van der Waals surface area contributed by atoms with Crippen molar-refractivity contribution in [2.75, 3.05) is 5.32 Å². The summed E-state index contributed by atoms with van der Waals surface area (Å²) in [5.41, 5.74) is 3.47. The molecule has 33 heavy (non-hydrogen) atoms. The lowest BCUT2D eigenvalue weighted by molar-refractivity contribution is -0.115. The summed E-state index contributed by atoms with van der Waals surface area (Å²) in [6, 6.07) is 20.0. The average Bonchev–Trinajstić information content (AvgIpc) is 3.36. The first-order valence-corrected chi connectivity index (χ1v) is 11.5. The molecule has 0 saturated carbocycles. The zero-order chi connectivity index (χ0) is 22.2. The number of benzene rings is 3. The largest absolute Gasteiger partial charge is 0.464 e. The van der Waals surface area contributed by atoms with Gasteiger partial charge in [-0.2, -0.15) is 0 Å². The number of nitrogens with zero attached hydrogens (tertiary/aromatic N) is 3. The van der Waals surface area contributed by atoms with E-state index in [0.717, 1.165) is 69.6 Å². The van der Waals surface area contributed by atoms with Crippen LogP contribution in [0.1, 0.15) is 30.7 Å². The highest BCUT2D eigenvalue weighted by Crippen LogP contribution is 2.30. The normalized spacial score (nSPS) is 13.7. The fourth-order valence-corrected chi connectivity index (χ4v) is 4.78. The molecule has 6 rings (SSSR count). The van der Waals surface area contributed by atoms with Crippen LogP contribution in [-0.2, 0) is 24.2 Å². The fourth-order valence-electron chi connectivity index (χ4n) is 4.78. The summed E-state index contributed by atoms with van der Waals surface area (Å²) < 4.78 is 7.96. The Kier molecular flexibility index (Phi) is 4.91. The molecule has 0 radical (unpaired) electrons. The summed E-state index contributed by atoms with van der Waals surface area (Å²) in [4.78, 5) is 12.8. The predicted molar refractivity (Wildman–Crippen MR) is 129 cm³/mol. The van der Waals surface area contributed by atoms with Crippen LogP contribution < -0.4 is 5.32 Å². The molecule has 0 bridgehead atoms. The number of hydrogen-bond donors (Lipinski definition) is 1. The molecular weight excluding hydrogens is 412 g/mol.